The largest absolute Gasteiger partial charge is 0.332 e. The zero-order valence-corrected chi connectivity index (χ0v) is 15.2. The molecule has 0 aliphatic carbocycles. The van der Waals surface area contributed by atoms with Gasteiger partial charge >= 0.3 is 0 Å². The highest BCUT2D eigenvalue weighted by atomic mass is 35.5. The van der Waals surface area contributed by atoms with Crippen molar-refractivity contribution in [1.29, 1.82) is 0 Å². The van der Waals surface area contributed by atoms with E-state index in [9.17, 15) is 0 Å². The van der Waals surface area contributed by atoms with Crippen LogP contribution in [-0.2, 0) is 0 Å². The Labute approximate surface area is 156 Å². The summed E-state index contributed by atoms with van der Waals surface area (Å²) in [5.74, 6) is 1.37. The summed E-state index contributed by atoms with van der Waals surface area (Å²) in [7, 11) is 0. The second-order valence-electron chi connectivity index (χ2n) is 6.38. The Balaban J connectivity index is 1.60. The lowest BCUT2D eigenvalue weighted by Gasteiger charge is -2.05. The fraction of sp³-hybridized carbons (Fsp3) is 0.150. The van der Waals surface area contributed by atoms with Gasteiger partial charge in [0.25, 0.3) is 5.89 Å². The lowest BCUT2D eigenvalue weighted by molar-refractivity contribution is 0.431. The number of rotatable bonds is 4. The maximum absolute atomic E-state index is 6.02. The third kappa shape index (κ3) is 3.26. The van der Waals surface area contributed by atoms with Crippen LogP contribution in [0.15, 0.2) is 59.1 Å². The molecule has 4 aromatic rings. The number of nitrogens with zero attached hydrogens (tertiary/aromatic N) is 3. The Morgan fingerprint density at radius 2 is 1.81 bits per heavy atom. The second-order valence-corrected chi connectivity index (χ2v) is 6.81. The van der Waals surface area contributed by atoms with Crippen LogP contribution in [0.25, 0.3) is 34.2 Å². The van der Waals surface area contributed by atoms with Gasteiger partial charge in [0.1, 0.15) is 5.69 Å². The van der Waals surface area contributed by atoms with Gasteiger partial charge in [-0.2, -0.15) is 10.1 Å². The maximum atomic E-state index is 6.02. The van der Waals surface area contributed by atoms with Crippen molar-refractivity contribution in [3.05, 3.63) is 65.2 Å². The third-order valence-corrected chi connectivity index (χ3v) is 4.43. The van der Waals surface area contributed by atoms with Crippen molar-refractivity contribution in [2.24, 2.45) is 0 Å². The topological polar surface area (TPSA) is 67.6 Å². The molecule has 0 aliphatic rings. The van der Waals surface area contributed by atoms with Gasteiger partial charge in [0, 0.05) is 16.1 Å². The predicted octanol–water partition coefficient (Wildman–Crippen LogP) is 5.57. The molecule has 26 heavy (non-hydrogen) atoms. The smallest absolute Gasteiger partial charge is 0.276 e. The molecule has 0 aliphatic heterocycles. The second kappa shape index (κ2) is 6.77. The lowest BCUT2D eigenvalue weighted by Crippen LogP contribution is -1.86. The zero-order valence-electron chi connectivity index (χ0n) is 14.4. The molecule has 2 aromatic carbocycles. The molecule has 0 unspecified atom stereocenters. The Morgan fingerprint density at radius 3 is 2.54 bits per heavy atom. The summed E-state index contributed by atoms with van der Waals surface area (Å²) in [4.78, 5) is 4.43. The third-order valence-electron chi connectivity index (χ3n) is 4.19. The van der Waals surface area contributed by atoms with Crippen molar-refractivity contribution in [3.8, 4) is 34.2 Å². The van der Waals surface area contributed by atoms with E-state index in [0.29, 0.717) is 28.3 Å². The lowest BCUT2D eigenvalue weighted by atomic mass is 10.0. The van der Waals surface area contributed by atoms with Crippen molar-refractivity contribution < 1.29 is 4.52 Å². The summed E-state index contributed by atoms with van der Waals surface area (Å²) in [5.41, 5.74) is 4.64. The van der Waals surface area contributed by atoms with Crippen LogP contribution in [0.3, 0.4) is 0 Å². The minimum Gasteiger partial charge on any atom is -0.332 e. The van der Waals surface area contributed by atoms with Crippen molar-refractivity contribution in [1.82, 2.24) is 20.3 Å². The number of hydrogen-bond donors (Lipinski definition) is 1. The maximum Gasteiger partial charge on any atom is 0.276 e. The fourth-order valence-electron chi connectivity index (χ4n) is 2.70. The van der Waals surface area contributed by atoms with Crippen LogP contribution in [0.5, 0.6) is 0 Å². The first-order valence-corrected chi connectivity index (χ1v) is 8.74. The molecule has 5 nitrogen and oxygen atoms in total. The molecular weight excluding hydrogens is 348 g/mol. The van der Waals surface area contributed by atoms with E-state index < -0.39 is 0 Å². The summed E-state index contributed by atoms with van der Waals surface area (Å²) in [6.45, 7) is 4.35. The van der Waals surface area contributed by atoms with E-state index >= 15 is 0 Å². The van der Waals surface area contributed by atoms with E-state index in [2.05, 4.69) is 58.5 Å². The van der Waals surface area contributed by atoms with Crippen LogP contribution in [0.2, 0.25) is 5.02 Å². The number of halogens is 1. The van der Waals surface area contributed by atoms with Crippen LogP contribution in [0, 0.1) is 0 Å². The highest BCUT2D eigenvalue weighted by molar-refractivity contribution is 6.30. The van der Waals surface area contributed by atoms with Gasteiger partial charge in [0.15, 0.2) is 0 Å². The molecule has 6 heteroatoms. The molecule has 1 N–H and O–H groups in total. The van der Waals surface area contributed by atoms with Crippen LogP contribution >= 0.6 is 11.6 Å². The molecule has 2 heterocycles. The Kier molecular flexibility index (Phi) is 4.31. The summed E-state index contributed by atoms with van der Waals surface area (Å²) >= 11 is 6.02. The standard InChI is InChI=1S/C20H17ClN4O/c1-12(2)13-6-8-14(9-7-13)17-11-18(24-23-17)20-22-19(25-26-20)15-4-3-5-16(21)10-15/h3-12H,1-2H3,(H,23,24). The zero-order chi connectivity index (χ0) is 18.1. The number of nitrogens with one attached hydrogen (secondary N) is 1. The number of benzene rings is 2. The average Bonchev–Trinajstić information content (AvgIpc) is 3.31. The van der Waals surface area contributed by atoms with Gasteiger partial charge in [0.2, 0.25) is 5.82 Å². The summed E-state index contributed by atoms with van der Waals surface area (Å²) in [6, 6.07) is 17.6. The van der Waals surface area contributed by atoms with Crippen LogP contribution < -0.4 is 0 Å². The quantitative estimate of drug-likeness (QED) is 0.514. The van der Waals surface area contributed by atoms with Crippen molar-refractivity contribution >= 4 is 11.6 Å². The van der Waals surface area contributed by atoms with E-state index in [-0.39, 0.29) is 0 Å². The molecule has 0 fully saturated rings. The summed E-state index contributed by atoms with van der Waals surface area (Å²) < 4.78 is 5.37. The Morgan fingerprint density at radius 1 is 1.00 bits per heavy atom. The first-order chi connectivity index (χ1) is 12.6. The van der Waals surface area contributed by atoms with E-state index in [1.807, 2.05) is 18.2 Å². The Hall–Kier alpha value is -2.92. The molecule has 0 atom stereocenters. The number of aromatic nitrogens is 4. The van der Waals surface area contributed by atoms with Gasteiger partial charge < -0.3 is 4.52 Å². The molecule has 0 saturated carbocycles. The van der Waals surface area contributed by atoms with Crippen molar-refractivity contribution in [2.75, 3.05) is 0 Å². The molecule has 0 bridgehead atoms. The van der Waals surface area contributed by atoms with Gasteiger partial charge in [-0.3, -0.25) is 5.10 Å². The number of aromatic amines is 1. The predicted molar refractivity (Wildman–Crippen MR) is 102 cm³/mol. The number of H-pyrrole nitrogens is 1. The summed E-state index contributed by atoms with van der Waals surface area (Å²) in [6.07, 6.45) is 0. The van der Waals surface area contributed by atoms with Crippen LogP contribution in [-0.4, -0.2) is 20.3 Å². The molecule has 0 radical (unpaired) electrons. The highest BCUT2D eigenvalue weighted by Gasteiger charge is 2.14. The minimum absolute atomic E-state index is 0.387. The molecule has 0 spiro atoms. The first kappa shape index (κ1) is 16.5. The van der Waals surface area contributed by atoms with Gasteiger partial charge in [-0.1, -0.05) is 67.0 Å². The Bertz CT molecular complexity index is 1030. The molecule has 0 saturated heterocycles. The van der Waals surface area contributed by atoms with E-state index in [1.54, 1.807) is 12.1 Å². The van der Waals surface area contributed by atoms with E-state index in [1.165, 1.54) is 5.56 Å². The van der Waals surface area contributed by atoms with Gasteiger partial charge in [-0.05, 0) is 29.7 Å². The van der Waals surface area contributed by atoms with Gasteiger partial charge in [0.05, 0.1) is 5.69 Å². The van der Waals surface area contributed by atoms with E-state index in [4.69, 9.17) is 16.1 Å². The summed E-state index contributed by atoms with van der Waals surface area (Å²) in [5, 5.41) is 12.0. The molecule has 130 valence electrons. The van der Waals surface area contributed by atoms with Crippen LogP contribution in [0.4, 0.5) is 0 Å². The molecular formula is C20H17ClN4O. The monoisotopic (exact) mass is 364 g/mol. The van der Waals surface area contributed by atoms with Crippen LogP contribution in [0.1, 0.15) is 25.3 Å². The number of hydrogen-bond acceptors (Lipinski definition) is 4. The minimum atomic E-state index is 0.387. The van der Waals surface area contributed by atoms with Crippen molar-refractivity contribution in [2.45, 2.75) is 19.8 Å². The van der Waals surface area contributed by atoms with Gasteiger partial charge in [-0.15, -0.1) is 0 Å². The normalized spacial score (nSPS) is 11.2. The SMILES string of the molecule is CC(C)c1ccc(-c2cc(-c3nc(-c4cccc(Cl)c4)no3)[nH]n2)cc1. The molecule has 2 aromatic heterocycles. The fourth-order valence-corrected chi connectivity index (χ4v) is 2.89. The van der Waals surface area contributed by atoms with Gasteiger partial charge in [-0.25, -0.2) is 0 Å². The van der Waals surface area contributed by atoms with Crippen molar-refractivity contribution in [3.63, 3.8) is 0 Å². The molecule has 4 rings (SSSR count). The van der Waals surface area contributed by atoms with E-state index in [0.717, 1.165) is 16.8 Å². The molecule has 0 amide bonds. The average molecular weight is 365 g/mol. The first-order valence-electron chi connectivity index (χ1n) is 8.36. The highest BCUT2D eigenvalue weighted by Crippen LogP contribution is 2.27.